The summed E-state index contributed by atoms with van der Waals surface area (Å²) in [5.74, 6) is 0. The van der Waals surface area contributed by atoms with Crippen LogP contribution in [0.3, 0.4) is 0 Å². The van der Waals surface area contributed by atoms with Crippen molar-refractivity contribution in [1.82, 2.24) is 0 Å². The highest BCUT2D eigenvalue weighted by Gasteiger charge is 2.33. The van der Waals surface area contributed by atoms with E-state index in [4.69, 9.17) is 4.74 Å². The highest BCUT2D eigenvalue weighted by atomic mass is 16.5. The van der Waals surface area contributed by atoms with Crippen LogP contribution in [-0.4, -0.2) is 46.9 Å². The van der Waals surface area contributed by atoms with Crippen LogP contribution in [0.25, 0.3) is 0 Å². The van der Waals surface area contributed by atoms with Crippen LogP contribution in [-0.2, 0) is 15.9 Å². The summed E-state index contributed by atoms with van der Waals surface area (Å²) in [7, 11) is 0. The number of aliphatic hydroxyl groups excluding tert-OH is 2. The van der Waals surface area contributed by atoms with E-state index in [2.05, 4.69) is 0 Å². The predicted octanol–water partition coefficient (Wildman–Crippen LogP) is 1.38. The van der Waals surface area contributed by atoms with Crippen molar-refractivity contribution >= 4 is 0 Å². The molecule has 0 aliphatic heterocycles. The topological polar surface area (TPSA) is 90.2 Å². The molecule has 0 fully saturated rings. The molecule has 0 saturated carbocycles. The van der Waals surface area contributed by atoms with Gasteiger partial charge in [0, 0.05) is 0 Å². The van der Waals surface area contributed by atoms with Crippen molar-refractivity contribution in [2.75, 3.05) is 26.4 Å². The van der Waals surface area contributed by atoms with Gasteiger partial charge in [-0.15, -0.1) is 0 Å². The van der Waals surface area contributed by atoms with Gasteiger partial charge in [0.15, 0.2) is 0 Å². The summed E-state index contributed by atoms with van der Waals surface area (Å²) in [5, 5.41) is 40.5. The third-order valence-corrected chi connectivity index (χ3v) is 4.38. The molecule has 4 N–H and O–H groups in total. The van der Waals surface area contributed by atoms with Gasteiger partial charge in [-0.3, -0.25) is 0 Å². The molecule has 2 atom stereocenters. The lowest BCUT2D eigenvalue weighted by atomic mass is 9.93. The Labute approximate surface area is 148 Å². The molecule has 2 aromatic carbocycles. The van der Waals surface area contributed by atoms with Gasteiger partial charge in [0.05, 0.1) is 26.4 Å². The van der Waals surface area contributed by atoms with Gasteiger partial charge in [0.25, 0.3) is 0 Å². The van der Waals surface area contributed by atoms with Gasteiger partial charge in [-0.05, 0) is 25.0 Å². The number of rotatable bonds is 8. The van der Waals surface area contributed by atoms with Crippen LogP contribution in [0.2, 0.25) is 0 Å². The minimum atomic E-state index is -1.57. The van der Waals surface area contributed by atoms with Crippen molar-refractivity contribution in [3.63, 3.8) is 0 Å². The highest BCUT2D eigenvalue weighted by molar-refractivity contribution is 5.28. The number of ether oxygens (including phenoxy) is 1. The minimum absolute atomic E-state index is 0.208. The summed E-state index contributed by atoms with van der Waals surface area (Å²) in [5.41, 5.74) is -0.000721. The third kappa shape index (κ3) is 4.66. The standard InChI is InChI=1S/C20H26O5/c1-15-3-7-17(8-4-15)19(23,11-21)13-25-14-20(24,12-22)18-9-5-16(2)6-10-18/h3-10,21-24H,11-14H2,1-2H3. The summed E-state index contributed by atoms with van der Waals surface area (Å²) >= 11 is 0. The smallest absolute Gasteiger partial charge is 0.136 e. The second kappa shape index (κ2) is 8.08. The Balaban J connectivity index is 2.07. The van der Waals surface area contributed by atoms with Crippen molar-refractivity contribution in [3.05, 3.63) is 70.8 Å². The molecule has 25 heavy (non-hydrogen) atoms. The van der Waals surface area contributed by atoms with E-state index in [1.807, 2.05) is 38.1 Å². The zero-order valence-corrected chi connectivity index (χ0v) is 14.6. The van der Waals surface area contributed by atoms with Crippen LogP contribution in [0.1, 0.15) is 22.3 Å². The summed E-state index contributed by atoms with van der Waals surface area (Å²) < 4.78 is 5.50. The highest BCUT2D eigenvalue weighted by Crippen LogP contribution is 2.25. The van der Waals surface area contributed by atoms with Crippen molar-refractivity contribution in [3.8, 4) is 0 Å². The first-order valence-electron chi connectivity index (χ1n) is 8.21. The molecule has 0 heterocycles. The first-order valence-corrected chi connectivity index (χ1v) is 8.21. The summed E-state index contributed by atoms with van der Waals surface area (Å²) in [6.07, 6.45) is 0. The van der Waals surface area contributed by atoms with E-state index in [-0.39, 0.29) is 13.2 Å². The fraction of sp³-hybridized carbons (Fsp3) is 0.400. The summed E-state index contributed by atoms with van der Waals surface area (Å²) in [4.78, 5) is 0. The molecule has 5 nitrogen and oxygen atoms in total. The normalized spacial score (nSPS) is 16.2. The molecule has 0 amide bonds. The Bertz CT molecular complexity index is 608. The molecule has 0 aliphatic rings. The molecule has 0 bridgehead atoms. The summed E-state index contributed by atoms with van der Waals surface area (Å²) in [6, 6.07) is 14.3. The number of hydrogen-bond acceptors (Lipinski definition) is 5. The van der Waals surface area contributed by atoms with Crippen LogP contribution in [0, 0.1) is 13.8 Å². The van der Waals surface area contributed by atoms with Gasteiger partial charge >= 0.3 is 0 Å². The molecular formula is C20H26O5. The van der Waals surface area contributed by atoms with E-state index in [0.29, 0.717) is 11.1 Å². The fourth-order valence-electron chi connectivity index (χ4n) is 2.56. The largest absolute Gasteiger partial charge is 0.393 e. The molecule has 0 aliphatic carbocycles. The second-order valence-electron chi connectivity index (χ2n) is 6.60. The maximum atomic E-state index is 10.6. The van der Waals surface area contributed by atoms with Crippen LogP contribution in [0.5, 0.6) is 0 Å². The van der Waals surface area contributed by atoms with Gasteiger partial charge in [0.2, 0.25) is 0 Å². The molecule has 0 aromatic heterocycles. The zero-order valence-electron chi connectivity index (χ0n) is 14.6. The molecule has 5 heteroatoms. The molecule has 0 radical (unpaired) electrons. The van der Waals surface area contributed by atoms with Gasteiger partial charge in [-0.25, -0.2) is 0 Å². The molecule has 136 valence electrons. The van der Waals surface area contributed by atoms with Gasteiger partial charge < -0.3 is 25.2 Å². The second-order valence-corrected chi connectivity index (χ2v) is 6.60. The predicted molar refractivity (Wildman–Crippen MR) is 95.1 cm³/mol. The van der Waals surface area contributed by atoms with Crippen LogP contribution >= 0.6 is 0 Å². The lowest BCUT2D eigenvalue weighted by Crippen LogP contribution is -2.40. The van der Waals surface area contributed by atoms with E-state index in [1.54, 1.807) is 24.3 Å². The number of aliphatic hydroxyl groups is 4. The minimum Gasteiger partial charge on any atom is -0.393 e. The number of hydrogen-bond donors (Lipinski definition) is 4. The van der Waals surface area contributed by atoms with Crippen LogP contribution in [0.4, 0.5) is 0 Å². The maximum Gasteiger partial charge on any atom is 0.136 e. The average Bonchev–Trinajstić information content (AvgIpc) is 2.62. The van der Waals surface area contributed by atoms with Gasteiger partial charge in [-0.2, -0.15) is 0 Å². The van der Waals surface area contributed by atoms with Gasteiger partial charge in [0.1, 0.15) is 11.2 Å². The van der Waals surface area contributed by atoms with Crippen molar-refractivity contribution in [1.29, 1.82) is 0 Å². The van der Waals surface area contributed by atoms with Crippen LogP contribution < -0.4 is 0 Å². The van der Waals surface area contributed by atoms with Crippen molar-refractivity contribution in [2.45, 2.75) is 25.0 Å². The number of benzene rings is 2. The lowest BCUT2D eigenvalue weighted by molar-refractivity contribution is -0.130. The SMILES string of the molecule is Cc1ccc(C(O)(CO)COCC(O)(CO)c2ccc(C)cc2)cc1. The molecule has 2 rings (SSSR count). The first kappa shape index (κ1) is 19.6. The fourth-order valence-corrected chi connectivity index (χ4v) is 2.56. The molecule has 2 unspecified atom stereocenters. The Morgan fingerprint density at radius 2 is 1.00 bits per heavy atom. The van der Waals surface area contributed by atoms with E-state index in [9.17, 15) is 20.4 Å². The number of aryl methyl sites for hydroxylation is 2. The Kier molecular flexibility index (Phi) is 6.32. The van der Waals surface area contributed by atoms with E-state index >= 15 is 0 Å². The van der Waals surface area contributed by atoms with Crippen molar-refractivity contribution in [2.24, 2.45) is 0 Å². The lowest BCUT2D eigenvalue weighted by Gasteiger charge is -2.30. The maximum absolute atomic E-state index is 10.6. The first-order chi connectivity index (χ1) is 11.8. The quantitative estimate of drug-likeness (QED) is 0.580. The van der Waals surface area contributed by atoms with Crippen molar-refractivity contribution < 1.29 is 25.2 Å². The average molecular weight is 346 g/mol. The Hall–Kier alpha value is -1.76. The molecular weight excluding hydrogens is 320 g/mol. The van der Waals surface area contributed by atoms with E-state index in [1.165, 1.54) is 0 Å². The molecule has 0 saturated heterocycles. The molecule has 0 spiro atoms. The van der Waals surface area contributed by atoms with E-state index < -0.39 is 24.4 Å². The summed E-state index contributed by atoms with van der Waals surface area (Å²) in [6.45, 7) is 2.42. The third-order valence-electron chi connectivity index (χ3n) is 4.38. The van der Waals surface area contributed by atoms with E-state index in [0.717, 1.165) is 11.1 Å². The van der Waals surface area contributed by atoms with Gasteiger partial charge in [-0.1, -0.05) is 59.7 Å². The Morgan fingerprint density at radius 3 is 1.28 bits per heavy atom. The molecule has 2 aromatic rings. The zero-order chi connectivity index (χ0) is 18.5. The Morgan fingerprint density at radius 1 is 0.680 bits per heavy atom. The monoisotopic (exact) mass is 346 g/mol. The van der Waals surface area contributed by atoms with Crippen LogP contribution in [0.15, 0.2) is 48.5 Å².